The number of likely N-dealkylation sites (N-methyl/N-ethyl adjacent to an activating group) is 1. The summed E-state index contributed by atoms with van der Waals surface area (Å²) in [6.45, 7) is 9.02. The van der Waals surface area contributed by atoms with Crippen LogP contribution in [0.2, 0.25) is 0 Å². The SMILES string of the molecule is CCN1CCN(Cc2ccc(C#N)cc2)CC1. The predicted molar refractivity (Wildman–Crippen MR) is 68.5 cm³/mol. The average Bonchev–Trinajstić information content (AvgIpc) is 2.40. The Morgan fingerprint density at radius 1 is 1.06 bits per heavy atom. The van der Waals surface area contributed by atoms with Gasteiger partial charge in [0.1, 0.15) is 0 Å². The third-order valence-corrected chi connectivity index (χ3v) is 3.40. The van der Waals surface area contributed by atoms with Crippen LogP contribution >= 0.6 is 0 Å². The quantitative estimate of drug-likeness (QED) is 0.790. The normalized spacial score (nSPS) is 17.9. The van der Waals surface area contributed by atoms with Gasteiger partial charge in [-0.05, 0) is 24.2 Å². The summed E-state index contributed by atoms with van der Waals surface area (Å²) in [5.41, 5.74) is 2.04. The highest BCUT2D eigenvalue weighted by atomic mass is 15.3. The molecular weight excluding hydrogens is 210 g/mol. The molecule has 0 N–H and O–H groups in total. The Morgan fingerprint density at radius 2 is 1.65 bits per heavy atom. The van der Waals surface area contributed by atoms with E-state index >= 15 is 0 Å². The lowest BCUT2D eigenvalue weighted by Crippen LogP contribution is -2.45. The van der Waals surface area contributed by atoms with Gasteiger partial charge in [0.15, 0.2) is 0 Å². The fourth-order valence-corrected chi connectivity index (χ4v) is 2.21. The molecule has 1 heterocycles. The molecule has 3 nitrogen and oxygen atoms in total. The molecule has 1 fully saturated rings. The van der Waals surface area contributed by atoms with Gasteiger partial charge in [-0.25, -0.2) is 0 Å². The van der Waals surface area contributed by atoms with Crippen molar-refractivity contribution < 1.29 is 0 Å². The van der Waals surface area contributed by atoms with Gasteiger partial charge in [0.2, 0.25) is 0 Å². The van der Waals surface area contributed by atoms with Crippen LogP contribution in [0.5, 0.6) is 0 Å². The number of hydrogen-bond donors (Lipinski definition) is 0. The largest absolute Gasteiger partial charge is 0.301 e. The summed E-state index contributed by atoms with van der Waals surface area (Å²) in [6.07, 6.45) is 0. The fraction of sp³-hybridized carbons (Fsp3) is 0.500. The molecule has 17 heavy (non-hydrogen) atoms. The van der Waals surface area contributed by atoms with Crippen molar-refractivity contribution in [1.29, 1.82) is 5.26 Å². The topological polar surface area (TPSA) is 30.3 Å². The first-order valence-electron chi connectivity index (χ1n) is 6.25. The van der Waals surface area contributed by atoms with E-state index in [0.29, 0.717) is 0 Å². The van der Waals surface area contributed by atoms with Crippen molar-refractivity contribution in [3.05, 3.63) is 35.4 Å². The van der Waals surface area contributed by atoms with Crippen LogP contribution in [0.1, 0.15) is 18.1 Å². The lowest BCUT2D eigenvalue weighted by Gasteiger charge is -2.34. The Labute approximate surface area is 103 Å². The highest BCUT2D eigenvalue weighted by molar-refractivity contribution is 5.31. The number of hydrogen-bond acceptors (Lipinski definition) is 3. The summed E-state index contributed by atoms with van der Waals surface area (Å²) in [5.74, 6) is 0. The van der Waals surface area contributed by atoms with Gasteiger partial charge in [-0.1, -0.05) is 19.1 Å². The maximum atomic E-state index is 8.74. The lowest BCUT2D eigenvalue weighted by molar-refractivity contribution is 0.132. The van der Waals surface area contributed by atoms with Crippen molar-refractivity contribution in [3.63, 3.8) is 0 Å². The summed E-state index contributed by atoms with van der Waals surface area (Å²) < 4.78 is 0. The minimum atomic E-state index is 0.740. The van der Waals surface area contributed by atoms with E-state index < -0.39 is 0 Å². The molecule has 0 aliphatic carbocycles. The molecule has 3 heteroatoms. The molecule has 1 aromatic carbocycles. The van der Waals surface area contributed by atoms with Gasteiger partial charge in [0, 0.05) is 32.7 Å². The standard InChI is InChI=1S/C14H19N3/c1-2-16-7-9-17(10-8-16)12-14-5-3-13(11-15)4-6-14/h3-6H,2,7-10,12H2,1H3. The van der Waals surface area contributed by atoms with E-state index in [9.17, 15) is 0 Å². The summed E-state index contributed by atoms with van der Waals surface area (Å²) in [4.78, 5) is 4.96. The zero-order valence-corrected chi connectivity index (χ0v) is 10.4. The molecule has 0 radical (unpaired) electrons. The van der Waals surface area contributed by atoms with E-state index in [1.807, 2.05) is 12.1 Å². The number of nitriles is 1. The van der Waals surface area contributed by atoms with Crippen LogP contribution in [0.3, 0.4) is 0 Å². The van der Waals surface area contributed by atoms with Crippen LogP contribution < -0.4 is 0 Å². The molecule has 0 unspecified atom stereocenters. The number of rotatable bonds is 3. The monoisotopic (exact) mass is 229 g/mol. The highest BCUT2D eigenvalue weighted by Gasteiger charge is 2.15. The smallest absolute Gasteiger partial charge is 0.0991 e. The molecular formula is C14H19N3. The van der Waals surface area contributed by atoms with E-state index in [-0.39, 0.29) is 0 Å². The predicted octanol–water partition coefficient (Wildman–Crippen LogP) is 1.70. The van der Waals surface area contributed by atoms with Crippen LogP contribution in [0.4, 0.5) is 0 Å². The van der Waals surface area contributed by atoms with Gasteiger partial charge in [-0.15, -0.1) is 0 Å². The van der Waals surface area contributed by atoms with E-state index in [1.54, 1.807) is 0 Å². The van der Waals surface area contributed by atoms with Crippen molar-refractivity contribution in [2.45, 2.75) is 13.5 Å². The molecule has 0 saturated carbocycles. The lowest BCUT2D eigenvalue weighted by atomic mass is 10.1. The van der Waals surface area contributed by atoms with Gasteiger partial charge < -0.3 is 4.90 Å². The van der Waals surface area contributed by atoms with E-state index in [1.165, 1.54) is 18.7 Å². The second-order valence-corrected chi connectivity index (χ2v) is 4.52. The third kappa shape index (κ3) is 3.29. The Kier molecular flexibility index (Phi) is 4.13. The zero-order chi connectivity index (χ0) is 12.1. The molecule has 1 aliphatic heterocycles. The minimum Gasteiger partial charge on any atom is -0.301 e. The molecule has 1 aliphatic rings. The van der Waals surface area contributed by atoms with E-state index in [4.69, 9.17) is 5.26 Å². The Hall–Kier alpha value is -1.37. The first kappa shape index (κ1) is 12.1. The van der Waals surface area contributed by atoms with Crippen LogP contribution in [-0.4, -0.2) is 42.5 Å². The second-order valence-electron chi connectivity index (χ2n) is 4.52. The number of nitrogens with zero attached hydrogens (tertiary/aromatic N) is 3. The number of benzene rings is 1. The van der Waals surface area contributed by atoms with Crippen molar-refractivity contribution in [2.75, 3.05) is 32.7 Å². The Bertz CT molecular complexity index is 383. The third-order valence-electron chi connectivity index (χ3n) is 3.40. The highest BCUT2D eigenvalue weighted by Crippen LogP contribution is 2.09. The van der Waals surface area contributed by atoms with E-state index in [0.717, 1.165) is 31.7 Å². The van der Waals surface area contributed by atoms with E-state index in [2.05, 4.69) is 34.9 Å². The summed E-state index contributed by atoms with van der Waals surface area (Å²) in [5, 5.41) is 8.74. The summed E-state index contributed by atoms with van der Waals surface area (Å²) >= 11 is 0. The van der Waals surface area contributed by atoms with Gasteiger partial charge in [0.05, 0.1) is 11.6 Å². The molecule has 1 aromatic rings. The van der Waals surface area contributed by atoms with Crippen molar-refractivity contribution in [3.8, 4) is 6.07 Å². The van der Waals surface area contributed by atoms with Crippen LogP contribution in [0.15, 0.2) is 24.3 Å². The van der Waals surface area contributed by atoms with Crippen LogP contribution in [-0.2, 0) is 6.54 Å². The van der Waals surface area contributed by atoms with Crippen molar-refractivity contribution in [1.82, 2.24) is 9.80 Å². The first-order valence-corrected chi connectivity index (χ1v) is 6.25. The van der Waals surface area contributed by atoms with Gasteiger partial charge in [-0.2, -0.15) is 5.26 Å². The first-order chi connectivity index (χ1) is 8.31. The van der Waals surface area contributed by atoms with Crippen LogP contribution in [0, 0.1) is 11.3 Å². The second kappa shape index (κ2) is 5.81. The maximum absolute atomic E-state index is 8.74. The molecule has 0 spiro atoms. The zero-order valence-electron chi connectivity index (χ0n) is 10.4. The average molecular weight is 229 g/mol. The minimum absolute atomic E-state index is 0.740. The maximum Gasteiger partial charge on any atom is 0.0991 e. The van der Waals surface area contributed by atoms with Gasteiger partial charge in [0.25, 0.3) is 0 Å². The van der Waals surface area contributed by atoms with Crippen molar-refractivity contribution >= 4 is 0 Å². The van der Waals surface area contributed by atoms with Gasteiger partial charge in [-0.3, -0.25) is 4.90 Å². The molecule has 0 aromatic heterocycles. The van der Waals surface area contributed by atoms with Gasteiger partial charge >= 0.3 is 0 Å². The molecule has 0 bridgehead atoms. The molecule has 2 rings (SSSR count). The molecule has 90 valence electrons. The molecule has 1 saturated heterocycles. The van der Waals surface area contributed by atoms with Crippen molar-refractivity contribution in [2.24, 2.45) is 0 Å². The molecule has 0 amide bonds. The summed E-state index contributed by atoms with van der Waals surface area (Å²) in [6, 6.07) is 10.1. The Morgan fingerprint density at radius 3 is 2.18 bits per heavy atom. The Balaban J connectivity index is 1.87. The molecule has 0 atom stereocenters. The number of piperazine rings is 1. The van der Waals surface area contributed by atoms with Crippen LogP contribution in [0.25, 0.3) is 0 Å². The summed E-state index contributed by atoms with van der Waals surface area (Å²) in [7, 11) is 0. The fourth-order valence-electron chi connectivity index (χ4n) is 2.21.